The van der Waals surface area contributed by atoms with Gasteiger partial charge in [0.2, 0.25) is 0 Å². The highest BCUT2D eigenvalue weighted by Gasteiger charge is 2.20. The van der Waals surface area contributed by atoms with Crippen molar-refractivity contribution in [3.05, 3.63) is 106 Å². The van der Waals surface area contributed by atoms with Gasteiger partial charge in [0.05, 0.1) is 0 Å². The van der Waals surface area contributed by atoms with Gasteiger partial charge in [-0.1, -0.05) is 65.7 Å². The number of hydrogen-bond donors (Lipinski definition) is 3. The number of carbonyl (C=O) groups is 1. The predicted octanol–water partition coefficient (Wildman–Crippen LogP) is 6.69. The first-order valence-corrected chi connectivity index (χ1v) is 11.8. The lowest BCUT2D eigenvalue weighted by atomic mass is 10.0. The van der Waals surface area contributed by atoms with Crippen molar-refractivity contribution in [1.29, 1.82) is 0 Å². The van der Waals surface area contributed by atoms with Crippen molar-refractivity contribution in [2.75, 3.05) is 0 Å². The third kappa shape index (κ3) is 5.34. The second-order valence-corrected chi connectivity index (χ2v) is 9.21. The van der Waals surface area contributed by atoms with Gasteiger partial charge in [-0.05, 0) is 41.0 Å². The summed E-state index contributed by atoms with van der Waals surface area (Å²) in [6.45, 7) is 1.02. The van der Waals surface area contributed by atoms with Gasteiger partial charge in [-0.3, -0.25) is 10.1 Å². The van der Waals surface area contributed by atoms with Crippen molar-refractivity contribution in [2.45, 2.75) is 25.6 Å². The second-order valence-electron chi connectivity index (χ2n) is 8.37. The fraction of sp³-hybridized carbons (Fsp3) is 0.148. The average Bonchev–Trinajstić information content (AvgIpc) is 3.40. The van der Waals surface area contributed by atoms with E-state index in [9.17, 15) is 9.90 Å². The van der Waals surface area contributed by atoms with Crippen molar-refractivity contribution in [1.82, 2.24) is 14.9 Å². The molecule has 5 nitrogen and oxygen atoms in total. The monoisotopic (exact) mass is 527 g/mol. The Balaban J connectivity index is 0.00000289. The van der Waals surface area contributed by atoms with Gasteiger partial charge < -0.3 is 14.7 Å². The van der Waals surface area contributed by atoms with E-state index in [1.807, 2.05) is 54.7 Å². The minimum Gasteiger partial charge on any atom is -0.480 e. The van der Waals surface area contributed by atoms with Crippen LogP contribution in [0.15, 0.2) is 79.1 Å². The normalized spacial score (nSPS) is 12.1. The lowest BCUT2D eigenvalue weighted by Crippen LogP contribution is -2.38. The fourth-order valence-corrected chi connectivity index (χ4v) is 4.90. The molecule has 3 N–H and O–H groups in total. The fourth-order valence-electron chi connectivity index (χ4n) is 4.43. The van der Waals surface area contributed by atoms with Gasteiger partial charge in [0.15, 0.2) is 0 Å². The van der Waals surface area contributed by atoms with E-state index in [2.05, 4.69) is 33.2 Å². The molecule has 0 fully saturated rings. The summed E-state index contributed by atoms with van der Waals surface area (Å²) in [5.41, 5.74) is 5.05. The van der Waals surface area contributed by atoms with Crippen LogP contribution in [0, 0.1) is 0 Å². The first-order valence-electron chi connectivity index (χ1n) is 11.0. The Bertz CT molecular complexity index is 1490. The molecule has 2 aromatic heterocycles. The Labute approximate surface area is 219 Å². The number of H-pyrrole nitrogens is 1. The number of benzene rings is 3. The molecule has 5 aromatic rings. The Morgan fingerprint density at radius 1 is 0.971 bits per heavy atom. The third-order valence-corrected chi connectivity index (χ3v) is 6.75. The van der Waals surface area contributed by atoms with Crippen molar-refractivity contribution >= 4 is 63.4 Å². The summed E-state index contributed by atoms with van der Waals surface area (Å²) in [7, 11) is 0. The summed E-state index contributed by atoms with van der Waals surface area (Å²) in [6.07, 6.45) is 4.34. The molecule has 1 atom stereocenters. The first-order chi connectivity index (χ1) is 16.5. The molecule has 0 amide bonds. The number of aromatic nitrogens is 2. The highest BCUT2D eigenvalue weighted by atomic mass is 35.5. The molecule has 0 aliphatic carbocycles. The van der Waals surface area contributed by atoms with Gasteiger partial charge >= 0.3 is 5.97 Å². The van der Waals surface area contributed by atoms with E-state index in [1.165, 1.54) is 0 Å². The van der Waals surface area contributed by atoms with Crippen molar-refractivity contribution in [2.24, 2.45) is 0 Å². The number of carboxylic acids is 1. The molecule has 0 spiro atoms. The Morgan fingerprint density at radius 2 is 1.71 bits per heavy atom. The zero-order chi connectivity index (χ0) is 23.7. The van der Waals surface area contributed by atoms with Crippen LogP contribution < -0.4 is 5.32 Å². The zero-order valence-corrected chi connectivity index (χ0v) is 21.0. The predicted molar refractivity (Wildman–Crippen MR) is 145 cm³/mol. The summed E-state index contributed by atoms with van der Waals surface area (Å²) in [4.78, 5) is 15.3. The van der Waals surface area contributed by atoms with Gasteiger partial charge in [0, 0.05) is 63.8 Å². The van der Waals surface area contributed by atoms with Crippen LogP contribution in [0.25, 0.3) is 21.8 Å². The molecule has 0 saturated heterocycles. The molecule has 1 unspecified atom stereocenters. The number of nitrogens with one attached hydrogen (secondary N) is 2. The highest BCUT2D eigenvalue weighted by molar-refractivity contribution is 6.35. The molecular formula is C27H24Cl3N3O2. The van der Waals surface area contributed by atoms with Crippen molar-refractivity contribution < 1.29 is 9.90 Å². The SMILES string of the molecule is Cl.O=C(O)C(Cc1c[nH]c2ccccc12)NCc1cn(Cc2ccc(Cl)cc2Cl)c2ccccc12. The largest absolute Gasteiger partial charge is 0.480 e. The van der Waals surface area contributed by atoms with Crippen LogP contribution in [0.1, 0.15) is 16.7 Å². The Morgan fingerprint density at radius 3 is 2.49 bits per heavy atom. The second kappa shape index (κ2) is 10.8. The van der Waals surface area contributed by atoms with Crippen LogP contribution in [-0.2, 0) is 24.3 Å². The molecule has 2 heterocycles. The van der Waals surface area contributed by atoms with E-state index in [0.717, 1.165) is 38.5 Å². The lowest BCUT2D eigenvalue weighted by Gasteiger charge is -2.14. The van der Waals surface area contributed by atoms with E-state index in [4.69, 9.17) is 23.2 Å². The van der Waals surface area contributed by atoms with Gasteiger partial charge in [-0.15, -0.1) is 12.4 Å². The molecule has 3 aromatic carbocycles. The summed E-state index contributed by atoms with van der Waals surface area (Å²) in [5.74, 6) is -0.873. The molecule has 8 heteroatoms. The minimum absolute atomic E-state index is 0. The number of rotatable bonds is 8. The minimum atomic E-state index is -0.873. The van der Waals surface area contributed by atoms with Gasteiger partial charge in [0.1, 0.15) is 6.04 Å². The number of aromatic amines is 1. The standard InChI is InChI=1S/C27H23Cl2N3O2.ClH/c28-20-10-9-17(23(29)12-20)15-32-16-19(22-6-2-4-8-26(22)32)14-31-25(27(33)34)11-18-13-30-24-7-3-1-5-21(18)24;/h1-10,12-13,16,25,30-31H,11,14-15H2,(H,33,34);1H. The van der Waals surface area contributed by atoms with Crippen LogP contribution in [0.2, 0.25) is 10.0 Å². The number of aliphatic carboxylic acids is 1. The molecule has 0 saturated carbocycles. The van der Waals surface area contributed by atoms with Crippen molar-refractivity contribution in [3.63, 3.8) is 0 Å². The van der Waals surface area contributed by atoms with E-state index in [0.29, 0.717) is 29.6 Å². The molecule has 5 rings (SSSR count). The number of nitrogens with zero attached hydrogens (tertiary/aromatic N) is 1. The molecule has 35 heavy (non-hydrogen) atoms. The van der Waals surface area contributed by atoms with E-state index in [1.54, 1.807) is 6.07 Å². The van der Waals surface area contributed by atoms with E-state index in [-0.39, 0.29) is 12.4 Å². The number of para-hydroxylation sites is 2. The third-order valence-electron chi connectivity index (χ3n) is 6.16. The summed E-state index contributed by atoms with van der Waals surface area (Å²) in [6, 6.07) is 20.8. The van der Waals surface area contributed by atoms with Crippen LogP contribution in [0.3, 0.4) is 0 Å². The zero-order valence-electron chi connectivity index (χ0n) is 18.7. The summed E-state index contributed by atoms with van der Waals surface area (Å²) in [5, 5.41) is 16.5. The van der Waals surface area contributed by atoms with Gasteiger partial charge in [0.25, 0.3) is 0 Å². The Hall–Kier alpha value is -2.96. The maximum Gasteiger partial charge on any atom is 0.321 e. The van der Waals surface area contributed by atoms with Gasteiger partial charge in [-0.25, -0.2) is 0 Å². The number of fused-ring (bicyclic) bond motifs is 2. The van der Waals surface area contributed by atoms with Crippen LogP contribution >= 0.6 is 35.6 Å². The van der Waals surface area contributed by atoms with Gasteiger partial charge in [-0.2, -0.15) is 0 Å². The maximum absolute atomic E-state index is 12.1. The maximum atomic E-state index is 12.1. The molecule has 0 bridgehead atoms. The topological polar surface area (TPSA) is 70.0 Å². The number of hydrogen-bond acceptors (Lipinski definition) is 2. The molecule has 0 radical (unpaired) electrons. The molecule has 180 valence electrons. The van der Waals surface area contributed by atoms with Crippen molar-refractivity contribution in [3.8, 4) is 0 Å². The smallest absolute Gasteiger partial charge is 0.321 e. The lowest BCUT2D eigenvalue weighted by molar-refractivity contribution is -0.139. The van der Waals surface area contributed by atoms with Crippen LogP contribution in [0.4, 0.5) is 0 Å². The Kier molecular flexibility index (Phi) is 7.72. The molecular weight excluding hydrogens is 505 g/mol. The number of carboxylic acid groups (broad SMARTS) is 1. The first kappa shape index (κ1) is 25.1. The summed E-state index contributed by atoms with van der Waals surface area (Å²) >= 11 is 12.5. The average molecular weight is 529 g/mol. The quantitative estimate of drug-likeness (QED) is 0.210. The molecule has 0 aliphatic rings. The van der Waals surface area contributed by atoms with Crippen LogP contribution in [0.5, 0.6) is 0 Å². The molecule has 0 aliphatic heterocycles. The highest BCUT2D eigenvalue weighted by Crippen LogP contribution is 2.26. The summed E-state index contributed by atoms with van der Waals surface area (Å²) < 4.78 is 2.14. The van der Waals surface area contributed by atoms with Crippen LogP contribution in [-0.4, -0.2) is 26.7 Å². The number of halogens is 3. The van der Waals surface area contributed by atoms with E-state index >= 15 is 0 Å². The van der Waals surface area contributed by atoms with E-state index < -0.39 is 12.0 Å².